The Labute approximate surface area is 110 Å². The number of nitrogens with one attached hydrogen (secondary N) is 1. The summed E-state index contributed by atoms with van der Waals surface area (Å²) in [5.74, 6) is 0.121. The molecule has 17 heavy (non-hydrogen) atoms. The molecule has 2 N–H and O–H groups in total. The number of amides is 1. The van der Waals surface area contributed by atoms with Gasteiger partial charge in [0.05, 0.1) is 6.10 Å². The van der Waals surface area contributed by atoms with Crippen molar-refractivity contribution in [2.45, 2.75) is 18.9 Å². The molecule has 92 valence electrons. The first-order valence-electron chi connectivity index (χ1n) is 5.49. The number of hydrogen-bond acceptors (Lipinski definition) is 2. The van der Waals surface area contributed by atoms with Crippen LogP contribution in [-0.2, 0) is 4.79 Å². The second-order valence-corrected chi connectivity index (χ2v) is 4.98. The van der Waals surface area contributed by atoms with E-state index in [1.165, 1.54) is 0 Å². The van der Waals surface area contributed by atoms with Crippen LogP contribution in [0.25, 0.3) is 0 Å². The minimum Gasteiger partial charge on any atom is -0.386 e. The fraction of sp³-hybridized carbons (Fsp3) is 0.417. The predicted octanol–water partition coefficient (Wildman–Crippen LogP) is 2.55. The average Bonchev–Trinajstić information content (AvgIpc) is 3.09. The third kappa shape index (κ3) is 3.12. The first-order chi connectivity index (χ1) is 8.09. The quantitative estimate of drug-likeness (QED) is 0.886. The van der Waals surface area contributed by atoms with E-state index in [0.29, 0.717) is 15.6 Å². The number of carbonyl (C=O) groups excluding carboxylic acids is 1. The molecule has 1 aliphatic rings. The van der Waals surface area contributed by atoms with E-state index in [1.807, 2.05) is 0 Å². The molecule has 0 radical (unpaired) electrons. The molecule has 1 atom stereocenters. The lowest BCUT2D eigenvalue weighted by Crippen LogP contribution is -2.29. The van der Waals surface area contributed by atoms with Crippen molar-refractivity contribution in [3.63, 3.8) is 0 Å². The first-order valence-corrected chi connectivity index (χ1v) is 6.25. The average molecular weight is 274 g/mol. The summed E-state index contributed by atoms with van der Waals surface area (Å²) in [7, 11) is 0. The van der Waals surface area contributed by atoms with Crippen molar-refractivity contribution >= 4 is 29.1 Å². The molecule has 1 unspecified atom stereocenters. The highest BCUT2D eigenvalue weighted by Gasteiger charge is 2.29. The van der Waals surface area contributed by atoms with Crippen LogP contribution in [-0.4, -0.2) is 17.6 Å². The van der Waals surface area contributed by atoms with Gasteiger partial charge in [-0.15, -0.1) is 0 Å². The maximum absolute atomic E-state index is 11.4. The highest BCUT2D eigenvalue weighted by atomic mass is 35.5. The summed E-state index contributed by atoms with van der Waals surface area (Å²) >= 11 is 11.9. The molecule has 1 aliphatic carbocycles. The van der Waals surface area contributed by atoms with Crippen molar-refractivity contribution in [2.24, 2.45) is 5.92 Å². The number of hydrogen-bond donors (Lipinski definition) is 2. The van der Waals surface area contributed by atoms with E-state index in [0.717, 1.165) is 12.8 Å². The van der Waals surface area contributed by atoms with E-state index in [9.17, 15) is 9.90 Å². The summed E-state index contributed by atoms with van der Waals surface area (Å²) in [5.41, 5.74) is 0.465. The summed E-state index contributed by atoms with van der Waals surface area (Å²) in [6.07, 6.45) is 1.00. The summed E-state index contributed by atoms with van der Waals surface area (Å²) < 4.78 is 0. The highest BCUT2D eigenvalue weighted by molar-refractivity contribution is 6.36. The molecule has 1 aromatic carbocycles. The maximum atomic E-state index is 11.4. The van der Waals surface area contributed by atoms with Crippen molar-refractivity contribution in [3.8, 4) is 0 Å². The monoisotopic (exact) mass is 273 g/mol. The number of benzene rings is 1. The lowest BCUT2D eigenvalue weighted by molar-refractivity contribution is -0.122. The molecule has 0 spiro atoms. The van der Waals surface area contributed by atoms with Gasteiger partial charge in [0.1, 0.15) is 0 Å². The molecule has 0 heterocycles. The van der Waals surface area contributed by atoms with Crippen LogP contribution < -0.4 is 5.32 Å². The van der Waals surface area contributed by atoms with Crippen LogP contribution in [0.2, 0.25) is 10.0 Å². The van der Waals surface area contributed by atoms with Gasteiger partial charge in [-0.1, -0.05) is 29.3 Å². The zero-order valence-corrected chi connectivity index (χ0v) is 10.6. The van der Waals surface area contributed by atoms with E-state index in [2.05, 4.69) is 5.32 Å². The normalized spacial score (nSPS) is 16.6. The van der Waals surface area contributed by atoms with Crippen LogP contribution in [0.3, 0.4) is 0 Å². The third-order valence-electron chi connectivity index (χ3n) is 2.75. The topological polar surface area (TPSA) is 49.3 Å². The second-order valence-electron chi connectivity index (χ2n) is 4.17. The Morgan fingerprint density at radius 1 is 1.41 bits per heavy atom. The molecule has 0 saturated heterocycles. The summed E-state index contributed by atoms with van der Waals surface area (Å²) in [5, 5.41) is 13.5. The Kier molecular flexibility index (Phi) is 3.92. The van der Waals surface area contributed by atoms with Crippen LogP contribution in [0.5, 0.6) is 0 Å². The van der Waals surface area contributed by atoms with Crippen molar-refractivity contribution in [3.05, 3.63) is 33.8 Å². The molecule has 0 aromatic heterocycles. The molecule has 1 fully saturated rings. The van der Waals surface area contributed by atoms with Gasteiger partial charge in [-0.3, -0.25) is 4.79 Å². The Morgan fingerprint density at radius 3 is 2.53 bits per heavy atom. The van der Waals surface area contributed by atoms with E-state index in [-0.39, 0.29) is 18.4 Å². The number of rotatable bonds is 4. The number of aliphatic hydroxyl groups excluding tert-OH is 1. The van der Waals surface area contributed by atoms with E-state index < -0.39 is 6.10 Å². The van der Waals surface area contributed by atoms with Crippen molar-refractivity contribution in [1.82, 2.24) is 5.32 Å². The third-order valence-corrected chi connectivity index (χ3v) is 3.41. The molecule has 5 heteroatoms. The van der Waals surface area contributed by atoms with Gasteiger partial charge < -0.3 is 10.4 Å². The second kappa shape index (κ2) is 5.25. The molecule has 0 aliphatic heterocycles. The number of carbonyl (C=O) groups is 1. The SMILES string of the molecule is O=C(NCC(O)c1c(Cl)cccc1Cl)C1CC1. The first kappa shape index (κ1) is 12.7. The Bertz CT molecular complexity index is 412. The van der Waals surface area contributed by atoms with Gasteiger partial charge in [-0.05, 0) is 25.0 Å². The standard InChI is InChI=1S/C12H13Cl2NO2/c13-8-2-1-3-9(14)11(8)10(16)6-15-12(17)7-4-5-7/h1-3,7,10,16H,4-6H2,(H,15,17). The smallest absolute Gasteiger partial charge is 0.223 e. The maximum Gasteiger partial charge on any atom is 0.223 e. The largest absolute Gasteiger partial charge is 0.386 e. The van der Waals surface area contributed by atoms with Crippen molar-refractivity contribution in [2.75, 3.05) is 6.54 Å². The van der Waals surface area contributed by atoms with Gasteiger partial charge in [0.25, 0.3) is 0 Å². The van der Waals surface area contributed by atoms with Gasteiger partial charge in [0.2, 0.25) is 5.91 Å². The molecule has 1 aromatic rings. The predicted molar refractivity (Wildman–Crippen MR) is 67.2 cm³/mol. The van der Waals surface area contributed by atoms with Gasteiger partial charge in [0.15, 0.2) is 0 Å². The summed E-state index contributed by atoms with van der Waals surface area (Å²) in [6, 6.07) is 5.03. The zero-order chi connectivity index (χ0) is 12.4. The molecule has 1 amide bonds. The van der Waals surface area contributed by atoms with Gasteiger partial charge >= 0.3 is 0 Å². The lowest BCUT2D eigenvalue weighted by Gasteiger charge is -2.15. The Morgan fingerprint density at radius 2 is 2.00 bits per heavy atom. The van der Waals surface area contributed by atoms with E-state index in [4.69, 9.17) is 23.2 Å². The summed E-state index contributed by atoms with van der Waals surface area (Å²) in [6.45, 7) is 0.138. The number of aliphatic hydroxyl groups is 1. The molecular weight excluding hydrogens is 261 g/mol. The minimum atomic E-state index is -0.876. The number of halogens is 2. The molecular formula is C12H13Cl2NO2. The van der Waals surface area contributed by atoms with E-state index in [1.54, 1.807) is 18.2 Å². The van der Waals surface area contributed by atoms with Crippen LogP contribution in [0.15, 0.2) is 18.2 Å². The minimum absolute atomic E-state index is 0.00720. The van der Waals surface area contributed by atoms with Gasteiger partial charge in [-0.25, -0.2) is 0 Å². The highest BCUT2D eigenvalue weighted by Crippen LogP contribution is 2.31. The van der Waals surface area contributed by atoms with Crippen LogP contribution in [0, 0.1) is 5.92 Å². The fourth-order valence-electron chi connectivity index (χ4n) is 1.62. The molecule has 1 saturated carbocycles. The Balaban J connectivity index is 1.98. The zero-order valence-electron chi connectivity index (χ0n) is 9.12. The molecule has 3 nitrogen and oxygen atoms in total. The van der Waals surface area contributed by atoms with Gasteiger partial charge in [0, 0.05) is 28.1 Å². The molecule has 2 rings (SSSR count). The van der Waals surface area contributed by atoms with Crippen LogP contribution in [0.4, 0.5) is 0 Å². The van der Waals surface area contributed by atoms with Crippen LogP contribution >= 0.6 is 23.2 Å². The van der Waals surface area contributed by atoms with Crippen LogP contribution in [0.1, 0.15) is 24.5 Å². The van der Waals surface area contributed by atoms with Crippen molar-refractivity contribution in [1.29, 1.82) is 0 Å². The Hall–Kier alpha value is -0.770. The summed E-state index contributed by atoms with van der Waals surface area (Å²) in [4.78, 5) is 11.4. The fourth-order valence-corrected chi connectivity index (χ4v) is 2.27. The molecule has 0 bridgehead atoms. The van der Waals surface area contributed by atoms with Gasteiger partial charge in [-0.2, -0.15) is 0 Å². The van der Waals surface area contributed by atoms with Crippen molar-refractivity contribution < 1.29 is 9.90 Å². The lowest BCUT2D eigenvalue weighted by atomic mass is 10.1. The van der Waals surface area contributed by atoms with E-state index >= 15 is 0 Å².